The summed E-state index contributed by atoms with van der Waals surface area (Å²) in [7, 11) is 3.19. The third kappa shape index (κ3) is 3.59. The number of amides is 1. The Bertz CT molecular complexity index is 1050. The SMILES string of the molecule is COc1ccc(OC)c(Nc2cc(C(=O)N3c4ccccc4CC3C)ncn2)c1. The highest BCUT2D eigenvalue weighted by atomic mass is 16.5. The molecule has 1 amide bonds. The maximum Gasteiger partial charge on any atom is 0.277 e. The van der Waals surface area contributed by atoms with Gasteiger partial charge in [0, 0.05) is 23.9 Å². The topological polar surface area (TPSA) is 76.6 Å². The van der Waals surface area contributed by atoms with Gasteiger partial charge in [0.05, 0.1) is 19.9 Å². The molecule has 0 fully saturated rings. The lowest BCUT2D eigenvalue weighted by Gasteiger charge is -2.22. The molecule has 1 aliphatic rings. The number of aromatic nitrogens is 2. The summed E-state index contributed by atoms with van der Waals surface area (Å²) >= 11 is 0. The first-order valence-electron chi connectivity index (χ1n) is 9.33. The van der Waals surface area contributed by atoms with E-state index in [2.05, 4.69) is 21.4 Å². The molecule has 0 saturated heterocycles. The molecule has 2 heterocycles. The Morgan fingerprint density at radius 3 is 2.72 bits per heavy atom. The number of benzene rings is 2. The minimum Gasteiger partial charge on any atom is -0.497 e. The molecule has 1 atom stereocenters. The van der Waals surface area contributed by atoms with Gasteiger partial charge in [0.15, 0.2) is 0 Å². The fraction of sp³-hybridized carbons (Fsp3) is 0.227. The molecule has 0 bridgehead atoms. The van der Waals surface area contributed by atoms with Gasteiger partial charge in [-0.05, 0) is 37.1 Å². The summed E-state index contributed by atoms with van der Waals surface area (Å²) in [6.45, 7) is 2.04. The first kappa shape index (κ1) is 18.7. The summed E-state index contributed by atoms with van der Waals surface area (Å²) in [6, 6.07) is 15.1. The fourth-order valence-electron chi connectivity index (χ4n) is 3.59. The third-order valence-electron chi connectivity index (χ3n) is 4.98. The second kappa shape index (κ2) is 7.79. The summed E-state index contributed by atoms with van der Waals surface area (Å²) in [5.74, 6) is 1.67. The molecule has 3 aromatic rings. The summed E-state index contributed by atoms with van der Waals surface area (Å²) in [5.41, 5.74) is 3.12. The van der Waals surface area contributed by atoms with Crippen LogP contribution in [0.1, 0.15) is 23.0 Å². The van der Waals surface area contributed by atoms with Crippen LogP contribution in [0.15, 0.2) is 54.9 Å². The molecule has 1 aliphatic heterocycles. The predicted molar refractivity (Wildman–Crippen MR) is 111 cm³/mol. The number of carbonyl (C=O) groups is 1. The van der Waals surface area contributed by atoms with E-state index >= 15 is 0 Å². The summed E-state index contributed by atoms with van der Waals surface area (Å²) < 4.78 is 10.7. The van der Waals surface area contributed by atoms with Crippen molar-refractivity contribution in [2.75, 3.05) is 24.4 Å². The number of carbonyl (C=O) groups excluding carboxylic acids is 1. The smallest absolute Gasteiger partial charge is 0.277 e. The lowest BCUT2D eigenvalue weighted by atomic mass is 10.1. The number of anilines is 3. The molecule has 0 radical (unpaired) electrons. The Kier molecular flexibility index (Phi) is 5.03. The van der Waals surface area contributed by atoms with Crippen LogP contribution in [0.3, 0.4) is 0 Å². The monoisotopic (exact) mass is 390 g/mol. The van der Waals surface area contributed by atoms with Gasteiger partial charge in [0.1, 0.15) is 29.3 Å². The fourth-order valence-corrected chi connectivity index (χ4v) is 3.59. The molecule has 148 valence electrons. The zero-order chi connectivity index (χ0) is 20.4. The molecule has 1 aromatic heterocycles. The Balaban J connectivity index is 1.62. The molecule has 7 nitrogen and oxygen atoms in total. The van der Waals surface area contributed by atoms with E-state index < -0.39 is 0 Å². The van der Waals surface area contributed by atoms with Crippen molar-refractivity contribution in [3.8, 4) is 11.5 Å². The van der Waals surface area contributed by atoms with Crippen molar-refractivity contribution in [3.05, 3.63) is 66.1 Å². The molecule has 29 heavy (non-hydrogen) atoms. The van der Waals surface area contributed by atoms with E-state index in [1.165, 1.54) is 11.9 Å². The van der Waals surface area contributed by atoms with Crippen molar-refractivity contribution < 1.29 is 14.3 Å². The van der Waals surface area contributed by atoms with E-state index in [-0.39, 0.29) is 11.9 Å². The standard InChI is InChI=1S/C22H22N4O3/c1-14-10-15-6-4-5-7-19(15)26(14)22(27)18-12-21(24-13-23-18)25-17-11-16(28-2)8-9-20(17)29-3/h4-9,11-14H,10H2,1-3H3,(H,23,24,25). The molecule has 2 aromatic carbocycles. The maximum atomic E-state index is 13.2. The largest absolute Gasteiger partial charge is 0.497 e. The van der Waals surface area contributed by atoms with Crippen LogP contribution in [0.5, 0.6) is 11.5 Å². The Labute approximate surface area is 169 Å². The van der Waals surface area contributed by atoms with Crippen molar-refractivity contribution in [1.29, 1.82) is 0 Å². The summed E-state index contributed by atoms with van der Waals surface area (Å²) in [5, 5.41) is 3.19. The Hall–Kier alpha value is -3.61. The minimum atomic E-state index is -0.148. The quantitative estimate of drug-likeness (QED) is 0.714. The normalized spacial score (nSPS) is 15.0. The number of methoxy groups -OCH3 is 2. The second-order valence-electron chi connectivity index (χ2n) is 6.84. The average Bonchev–Trinajstić information content (AvgIpc) is 3.09. The molecule has 1 unspecified atom stereocenters. The number of ether oxygens (including phenoxy) is 2. The highest BCUT2D eigenvalue weighted by Crippen LogP contribution is 2.34. The van der Waals surface area contributed by atoms with E-state index in [0.29, 0.717) is 28.7 Å². The summed E-state index contributed by atoms with van der Waals surface area (Å²) in [4.78, 5) is 23.5. The second-order valence-corrected chi connectivity index (χ2v) is 6.84. The van der Waals surface area contributed by atoms with Crippen LogP contribution in [-0.4, -0.2) is 36.1 Å². The molecule has 7 heteroatoms. The molecule has 1 N–H and O–H groups in total. The highest BCUT2D eigenvalue weighted by Gasteiger charge is 2.32. The van der Waals surface area contributed by atoms with Crippen molar-refractivity contribution in [3.63, 3.8) is 0 Å². The van der Waals surface area contributed by atoms with Gasteiger partial charge in [-0.1, -0.05) is 18.2 Å². The van der Waals surface area contributed by atoms with Crippen LogP contribution < -0.4 is 19.7 Å². The third-order valence-corrected chi connectivity index (χ3v) is 4.98. The van der Waals surface area contributed by atoms with Crippen LogP contribution in [0.25, 0.3) is 0 Å². The highest BCUT2D eigenvalue weighted by molar-refractivity contribution is 6.06. The van der Waals surface area contributed by atoms with Crippen molar-refractivity contribution >= 4 is 23.1 Å². The average molecular weight is 390 g/mol. The zero-order valence-electron chi connectivity index (χ0n) is 16.5. The Morgan fingerprint density at radius 2 is 1.93 bits per heavy atom. The van der Waals surface area contributed by atoms with E-state index in [1.807, 2.05) is 31.2 Å². The van der Waals surface area contributed by atoms with Gasteiger partial charge in [-0.2, -0.15) is 0 Å². The van der Waals surface area contributed by atoms with E-state index in [0.717, 1.165) is 12.1 Å². The van der Waals surface area contributed by atoms with E-state index in [1.54, 1.807) is 37.3 Å². The molecular formula is C22H22N4O3. The first-order chi connectivity index (χ1) is 14.1. The van der Waals surface area contributed by atoms with Crippen LogP contribution >= 0.6 is 0 Å². The number of para-hydroxylation sites is 1. The van der Waals surface area contributed by atoms with Gasteiger partial charge < -0.3 is 19.7 Å². The first-order valence-corrected chi connectivity index (χ1v) is 9.33. The minimum absolute atomic E-state index is 0.0738. The number of fused-ring (bicyclic) bond motifs is 1. The Morgan fingerprint density at radius 1 is 1.10 bits per heavy atom. The molecular weight excluding hydrogens is 368 g/mol. The number of rotatable bonds is 5. The molecule has 0 saturated carbocycles. The number of hydrogen-bond acceptors (Lipinski definition) is 6. The maximum absolute atomic E-state index is 13.2. The van der Waals surface area contributed by atoms with Crippen molar-refractivity contribution in [1.82, 2.24) is 9.97 Å². The molecule has 0 aliphatic carbocycles. The molecule has 0 spiro atoms. The van der Waals surface area contributed by atoms with Gasteiger partial charge in [0.25, 0.3) is 5.91 Å². The van der Waals surface area contributed by atoms with E-state index in [4.69, 9.17) is 9.47 Å². The van der Waals surface area contributed by atoms with Gasteiger partial charge in [-0.3, -0.25) is 4.79 Å². The van der Waals surface area contributed by atoms with Crippen LogP contribution in [0.2, 0.25) is 0 Å². The van der Waals surface area contributed by atoms with Crippen LogP contribution in [0, 0.1) is 0 Å². The zero-order valence-corrected chi connectivity index (χ0v) is 16.5. The van der Waals surface area contributed by atoms with Gasteiger partial charge in [-0.15, -0.1) is 0 Å². The molecule has 4 rings (SSSR count). The lowest BCUT2D eigenvalue weighted by Crippen LogP contribution is -2.36. The summed E-state index contributed by atoms with van der Waals surface area (Å²) in [6.07, 6.45) is 2.22. The van der Waals surface area contributed by atoms with Gasteiger partial charge >= 0.3 is 0 Å². The van der Waals surface area contributed by atoms with Crippen LogP contribution in [0.4, 0.5) is 17.2 Å². The van der Waals surface area contributed by atoms with Crippen LogP contribution in [-0.2, 0) is 6.42 Å². The number of nitrogens with one attached hydrogen (secondary N) is 1. The number of nitrogens with zero attached hydrogens (tertiary/aromatic N) is 3. The predicted octanol–water partition coefficient (Wildman–Crippen LogP) is 3.83. The van der Waals surface area contributed by atoms with Crippen molar-refractivity contribution in [2.24, 2.45) is 0 Å². The van der Waals surface area contributed by atoms with Crippen molar-refractivity contribution in [2.45, 2.75) is 19.4 Å². The van der Waals surface area contributed by atoms with Gasteiger partial charge in [0.2, 0.25) is 0 Å². The number of hydrogen-bond donors (Lipinski definition) is 1. The lowest BCUT2D eigenvalue weighted by molar-refractivity contribution is 0.0976. The van der Waals surface area contributed by atoms with Gasteiger partial charge in [-0.25, -0.2) is 9.97 Å². The van der Waals surface area contributed by atoms with E-state index in [9.17, 15) is 4.79 Å².